The van der Waals surface area contributed by atoms with E-state index in [-0.39, 0.29) is 19.4 Å². The van der Waals surface area contributed by atoms with Crippen LogP contribution in [0, 0.1) is 0 Å². The maximum atomic E-state index is 12.4. The summed E-state index contributed by atoms with van der Waals surface area (Å²) in [6.07, 6.45) is 47.7. The molecule has 0 aromatic heterocycles. The SMILES string of the molecule is CCCCCCCCCCC/C=C/C/C=C/CCCC(=O)OC[C@H](COP(=O)(O)O)OC(=O)CCCCCCCCCCCCCCCCCCCCC. The van der Waals surface area contributed by atoms with E-state index in [1.54, 1.807) is 0 Å². The standard InChI is InChI=1S/C45H85O8P/c1-3-5-7-9-11-13-15-17-19-21-22-24-26-28-30-32-34-36-38-40-45(47)53-43(42-52-54(48,49)50)41-51-44(46)39-37-35-33-31-29-27-25-23-20-18-16-14-12-10-8-6-4-2/h25,27,31,33,43H,3-24,26,28-30,32,34-42H2,1-2H3,(H2,48,49,50)/b27-25+,33-31+/t43-/m1/s1. The van der Waals surface area contributed by atoms with Crippen LogP contribution < -0.4 is 0 Å². The van der Waals surface area contributed by atoms with Crippen molar-refractivity contribution in [2.75, 3.05) is 13.2 Å². The topological polar surface area (TPSA) is 119 Å². The van der Waals surface area contributed by atoms with E-state index in [1.165, 1.54) is 154 Å². The number of unbranched alkanes of at least 4 members (excludes halogenated alkanes) is 28. The number of phosphoric ester groups is 1. The minimum Gasteiger partial charge on any atom is -0.462 e. The summed E-state index contributed by atoms with van der Waals surface area (Å²) in [4.78, 5) is 42.9. The molecule has 9 heteroatoms. The molecule has 0 saturated heterocycles. The second kappa shape index (κ2) is 41.2. The predicted octanol–water partition coefficient (Wildman–Crippen LogP) is 14.0. The highest BCUT2D eigenvalue weighted by Crippen LogP contribution is 2.36. The number of carbonyl (C=O) groups is 2. The van der Waals surface area contributed by atoms with Crippen LogP contribution in [0.15, 0.2) is 24.3 Å². The van der Waals surface area contributed by atoms with Crippen molar-refractivity contribution in [3.05, 3.63) is 24.3 Å². The minimum absolute atomic E-state index is 0.207. The molecule has 0 aromatic rings. The van der Waals surface area contributed by atoms with Crippen molar-refractivity contribution >= 4 is 19.8 Å². The van der Waals surface area contributed by atoms with Crippen LogP contribution in [0.3, 0.4) is 0 Å². The monoisotopic (exact) mass is 785 g/mol. The fourth-order valence-electron chi connectivity index (χ4n) is 6.59. The fraction of sp³-hybridized carbons (Fsp3) is 0.867. The minimum atomic E-state index is -4.76. The molecule has 54 heavy (non-hydrogen) atoms. The van der Waals surface area contributed by atoms with E-state index in [0.717, 1.165) is 38.5 Å². The van der Waals surface area contributed by atoms with Crippen LogP contribution in [0.1, 0.15) is 232 Å². The lowest BCUT2D eigenvalue weighted by atomic mass is 10.0. The highest BCUT2D eigenvalue weighted by Gasteiger charge is 2.22. The van der Waals surface area contributed by atoms with Crippen LogP contribution in [0.5, 0.6) is 0 Å². The summed E-state index contributed by atoms with van der Waals surface area (Å²) < 4.78 is 26.4. The summed E-state index contributed by atoms with van der Waals surface area (Å²) in [5.74, 6) is -0.926. The average Bonchev–Trinajstić information content (AvgIpc) is 3.14. The van der Waals surface area contributed by atoms with Crippen molar-refractivity contribution in [3.63, 3.8) is 0 Å². The van der Waals surface area contributed by atoms with Crippen molar-refractivity contribution in [3.8, 4) is 0 Å². The van der Waals surface area contributed by atoms with Gasteiger partial charge in [0.25, 0.3) is 0 Å². The van der Waals surface area contributed by atoms with Crippen LogP contribution >= 0.6 is 7.82 Å². The first-order valence-electron chi connectivity index (χ1n) is 22.6. The third-order valence-electron chi connectivity index (χ3n) is 9.97. The molecule has 0 spiro atoms. The molecule has 0 rings (SSSR count). The van der Waals surface area contributed by atoms with E-state index >= 15 is 0 Å². The molecule has 0 aliphatic heterocycles. The van der Waals surface area contributed by atoms with Crippen molar-refractivity contribution in [1.82, 2.24) is 0 Å². The van der Waals surface area contributed by atoms with Crippen LogP contribution in [-0.4, -0.2) is 41.0 Å². The molecule has 2 N–H and O–H groups in total. The Hall–Kier alpha value is -1.47. The zero-order chi connectivity index (χ0) is 39.6. The lowest BCUT2D eigenvalue weighted by Crippen LogP contribution is -2.29. The maximum absolute atomic E-state index is 12.4. The van der Waals surface area contributed by atoms with Gasteiger partial charge in [0, 0.05) is 12.8 Å². The van der Waals surface area contributed by atoms with Crippen molar-refractivity contribution in [2.45, 2.75) is 238 Å². The number of allylic oxidation sites excluding steroid dienone is 4. The summed E-state index contributed by atoms with van der Waals surface area (Å²) in [5, 5.41) is 0. The Bertz CT molecular complexity index is 931. The Morgan fingerprint density at radius 1 is 0.481 bits per heavy atom. The zero-order valence-corrected chi connectivity index (χ0v) is 36.0. The lowest BCUT2D eigenvalue weighted by molar-refractivity contribution is -0.161. The van der Waals surface area contributed by atoms with Gasteiger partial charge in [0.05, 0.1) is 6.61 Å². The molecule has 0 aliphatic rings. The van der Waals surface area contributed by atoms with Crippen LogP contribution in [-0.2, 0) is 28.2 Å². The molecule has 0 unspecified atom stereocenters. The van der Waals surface area contributed by atoms with Gasteiger partial charge in [0.15, 0.2) is 6.10 Å². The Morgan fingerprint density at radius 3 is 1.28 bits per heavy atom. The second-order valence-corrected chi connectivity index (χ2v) is 16.6. The highest BCUT2D eigenvalue weighted by atomic mass is 31.2. The quantitative estimate of drug-likeness (QED) is 0.0272. The van der Waals surface area contributed by atoms with Gasteiger partial charge in [-0.05, 0) is 38.5 Å². The van der Waals surface area contributed by atoms with Gasteiger partial charge in [0.1, 0.15) is 6.61 Å². The van der Waals surface area contributed by atoms with Gasteiger partial charge in [-0.25, -0.2) is 4.57 Å². The van der Waals surface area contributed by atoms with E-state index in [2.05, 4.69) is 42.7 Å². The predicted molar refractivity (Wildman–Crippen MR) is 225 cm³/mol. The van der Waals surface area contributed by atoms with Gasteiger partial charge in [-0.1, -0.05) is 205 Å². The third-order valence-corrected chi connectivity index (χ3v) is 10.5. The zero-order valence-electron chi connectivity index (χ0n) is 35.1. The molecule has 318 valence electrons. The Balaban J connectivity index is 3.90. The lowest BCUT2D eigenvalue weighted by Gasteiger charge is -2.18. The summed E-state index contributed by atoms with van der Waals surface area (Å²) in [5.41, 5.74) is 0. The number of rotatable bonds is 42. The molecule has 0 saturated carbocycles. The van der Waals surface area contributed by atoms with Crippen LogP contribution in [0.25, 0.3) is 0 Å². The van der Waals surface area contributed by atoms with Gasteiger partial charge < -0.3 is 19.3 Å². The molecule has 0 aliphatic carbocycles. The molecular weight excluding hydrogens is 699 g/mol. The first-order chi connectivity index (χ1) is 26.3. The van der Waals surface area contributed by atoms with Gasteiger partial charge in [-0.3, -0.25) is 14.1 Å². The van der Waals surface area contributed by atoms with E-state index in [4.69, 9.17) is 19.3 Å². The van der Waals surface area contributed by atoms with Gasteiger partial charge in [-0.2, -0.15) is 0 Å². The van der Waals surface area contributed by atoms with E-state index in [0.29, 0.717) is 12.8 Å². The van der Waals surface area contributed by atoms with Crippen LogP contribution in [0.2, 0.25) is 0 Å². The molecule has 0 bridgehead atoms. The number of carbonyl (C=O) groups excluding carboxylic acids is 2. The van der Waals surface area contributed by atoms with Crippen molar-refractivity contribution < 1.29 is 37.9 Å². The maximum Gasteiger partial charge on any atom is 0.469 e. The van der Waals surface area contributed by atoms with E-state index in [9.17, 15) is 14.2 Å². The number of esters is 2. The van der Waals surface area contributed by atoms with Gasteiger partial charge in [0.2, 0.25) is 0 Å². The first kappa shape index (κ1) is 52.5. The van der Waals surface area contributed by atoms with E-state index < -0.39 is 32.5 Å². The Labute approximate surface area is 332 Å². The molecular formula is C45H85O8P. The fourth-order valence-corrected chi connectivity index (χ4v) is 6.95. The number of hydrogen-bond donors (Lipinski definition) is 2. The smallest absolute Gasteiger partial charge is 0.462 e. The molecule has 1 atom stereocenters. The average molecular weight is 785 g/mol. The first-order valence-corrected chi connectivity index (χ1v) is 24.2. The van der Waals surface area contributed by atoms with Gasteiger partial charge >= 0.3 is 19.8 Å². The normalized spacial score (nSPS) is 12.6. The van der Waals surface area contributed by atoms with Gasteiger partial charge in [-0.15, -0.1) is 0 Å². The second-order valence-electron chi connectivity index (χ2n) is 15.4. The molecule has 0 heterocycles. The summed E-state index contributed by atoms with van der Waals surface area (Å²) in [6, 6.07) is 0. The van der Waals surface area contributed by atoms with Crippen molar-refractivity contribution in [2.24, 2.45) is 0 Å². The Morgan fingerprint density at radius 2 is 0.852 bits per heavy atom. The molecule has 0 radical (unpaired) electrons. The van der Waals surface area contributed by atoms with Crippen molar-refractivity contribution in [1.29, 1.82) is 0 Å². The number of hydrogen-bond acceptors (Lipinski definition) is 6. The number of phosphoric acid groups is 1. The summed E-state index contributed by atoms with van der Waals surface area (Å²) in [6.45, 7) is 3.68. The summed E-state index contributed by atoms with van der Waals surface area (Å²) in [7, 11) is -4.76. The Kier molecular flexibility index (Phi) is 40.1. The highest BCUT2D eigenvalue weighted by molar-refractivity contribution is 7.46. The molecule has 0 aromatic carbocycles. The summed E-state index contributed by atoms with van der Waals surface area (Å²) >= 11 is 0. The molecule has 0 fully saturated rings. The van der Waals surface area contributed by atoms with E-state index in [1.807, 2.05) is 0 Å². The van der Waals surface area contributed by atoms with Crippen LogP contribution in [0.4, 0.5) is 0 Å². The third kappa shape index (κ3) is 43.3. The largest absolute Gasteiger partial charge is 0.469 e. The molecule has 0 amide bonds. The number of ether oxygens (including phenoxy) is 2. The molecule has 8 nitrogen and oxygen atoms in total.